The molecule has 1 unspecified atom stereocenters. The van der Waals surface area contributed by atoms with Crippen molar-refractivity contribution in [2.45, 2.75) is 32.5 Å². The summed E-state index contributed by atoms with van der Waals surface area (Å²) in [5.41, 5.74) is -0.215. The first kappa shape index (κ1) is 14.4. The van der Waals surface area contributed by atoms with Gasteiger partial charge in [0, 0.05) is 13.1 Å². The normalized spacial score (nSPS) is 12.9. The zero-order valence-electron chi connectivity index (χ0n) is 10.5. The van der Waals surface area contributed by atoms with Crippen LogP contribution in [0.4, 0.5) is 18.9 Å². The molecule has 0 radical (unpaired) electrons. The van der Waals surface area contributed by atoms with Crippen LogP contribution in [0.15, 0.2) is 18.2 Å². The largest absolute Gasteiger partial charge is 0.416 e. The molecule has 0 saturated heterocycles. The van der Waals surface area contributed by atoms with Crippen molar-refractivity contribution in [2.75, 3.05) is 11.9 Å². The second-order valence-electron chi connectivity index (χ2n) is 4.21. The van der Waals surface area contributed by atoms with E-state index in [0.717, 1.165) is 18.6 Å². The Morgan fingerprint density at radius 2 is 2.00 bits per heavy atom. The van der Waals surface area contributed by atoms with Crippen molar-refractivity contribution < 1.29 is 13.2 Å². The zero-order valence-corrected chi connectivity index (χ0v) is 10.5. The summed E-state index contributed by atoms with van der Waals surface area (Å²) in [6.07, 6.45) is -3.57. The SMILES string of the molecule is CCC(C)N(C)c1ccc(C(F)(F)F)cc1C#N. The van der Waals surface area contributed by atoms with Crippen molar-refractivity contribution in [2.24, 2.45) is 0 Å². The van der Waals surface area contributed by atoms with Gasteiger partial charge in [-0.2, -0.15) is 18.4 Å². The Morgan fingerprint density at radius 3 is 2.44 bits per heavy atom. The molecule has 0 aliphatic heterocycles. The second-order valence-corrected chi connectivity index (χ2v) is 4.21. The molecule has 0 bridgehead atoms. The maximum absolute atomic E-state index is 12.5. The molecule has 0 aliphatic carbocycles. The van der Waals surface area contributed by atoms with Crippen molar-refractivity contribution in [3.8, 4) is 6.07 Å². The number of hydrogen-bond donors (Lipinski definition) is 0. The number of rotatable bonds is 3. The van der Waals surface area contributed by atoms with Crippen LogP contribution in [0.1, 0.15) is 31.4 Å². The minimum atomic E-state index is -4.42. The van der Waals surface area contributed by atoms with E-state index < -0.39 is 11.7 Å². The van der Waals surface area contributed by atoms with Gasteiger partial charge in [-0.25, -0.2) is 0 Å². The molecule has 0 heterocycles. The molecule has 98 valence electrons. The predicted octanol–water partition coefficient (Wildman–Crippen LogP) is 3.81. The molecule has 5 heteroatoms. The second kappa shape index (κ2) is 5.30. The van der Waals surface area contributed by atoms with Gasteiger partial charge in [0.1, 0.15) is 6.07 Å². The molecule has 0 saturated carbocycles. The third-order valence-electron chi connectivity index (χ3n) is 3.08. The number of halogens is 3. The third-order valence-corrected chi connectivity index (χ3v) is 3.08. The lowest BCUT2D eigenvalue weighted by molar-refractivity contribution is -0.137. The Morgan fingerprint density at radius 1 is 1.39 bits per heavy atom. The van der Waals surface area contributed by atoms with Gasteiger partial charge in [-0.15, -0.1) is 0 Å². The van der Waals surface area contributed by atoms with Crippen LogP contribution in [0.3, 0.4) is 0 Å². The smallest absolute Gasteiger partial charge is 0.371 e. The Bertz CT molecular complexity index is 460. The van der Waals surface area contributed by atoms with Crippen molar-refractivity contribution >= 4 is 5.69 Å². The van der Waals surface area contributed by atoms with E-state index in [2.05, 4.69) is 0 Å². The lowest BCUT2D eigenvalue weighted by atomic mass is 10.1. The highest BCUT2D eigenvalue weighted by atomic mass is 19.4. The number of alkyl halides is 3. The lowest BCUT2D eigenvalue weighted by Gasteiger charge is -2.27. The number of hydrogen-bond acceptors (Lipinski definition) is 2. The Hall–Kier alpha value is -1.70. The lowest BCUT2D eigenvalue weighted by Crippen LogP contribution is -2.28. The Kier molecular flexibility index (Phi) is 4.23. The maximum atomic E-state index is 12.5. The zero-order chi connectivity index (χ0) is 13.9. The summed E-state index contributed by atoms with van der Waals surface area (Å²) in [7, 11) is 1.78. The Labute approximate surface area is 105 Å². The van der Waals surface area contributed by atoms with Gasteiger partial charge in [0.25, 0.3) is 0 Å². The number of nitrogens with zero attached hydrogens (tertiary/aromatic N) is 2. The van der Waals surface area contributed by atoms with E-state index in [1.165, 1.54) is 6.07 Å². The average molecular weight is 256 g/mol. The first-order chi connectivity index (χ1) is 8.31. The highest BCUT2D eigenvalue weighted by Crippen LogP contribution is 2.32. The predicted molar refractivity (Wildman–Crippen MR) is 64.3 cm³/mol. The molecule has 0 N–H and O–H groups in total. The van der Waals surface area contributed by atoms with Gasteiger partial charge in [-0.3, -0.25) is 0 Å². The van der Waals surface area contributed by atoms with Crippen LogP contribution in [0.5, 0.6) is 0 Å². The first-order valence-electron chi connectivity index (χ1n) is 5.65. The highest BCUT2D eigenvalue weighted by molar-refractivity contribution is 5.60. The maximum Gasteiger partial charge on any atom is 0.416 e. The fourth-order valence-corrected chi connectivity index (χ4v) is 1.62. The molecule has 0 fully saturated rings. The molecular formula is C13H15F3N2. The van der Waals surface area contributed by atoms with Crippen LogP contribution in [0.2, 0.25) is 0 Å². The number of benzene rings is 1. The topological polar surface area (TPSA) is 27.0 Å². The first-order valence-corrected chi connectivity index (χ1v) is 5.65. The number of anilines is 1. The van der Waals surface area contributed by atoms with E-state index in [1.54, 1.807) is 7.05 Å². The molecule has 1 aromatic rings. The summed E-state index contributed by atoms with van der Waals surface area (Å²) in [6, 6.07) is 5.25. The number of nitriles is 1. The van der Waals surface area contributed by atoms with Crippen molar-refractivity contribution in [1.82, 2.24) is 0 Å². The molecule has 2 nitrogen and oxygen atoms in total. The van der Waals surface area contributed by atoms with Crippen molar-refractivity contribution in [3.05, 3.63) is 29.3 Å². The van der Waals surface area contributed by atoms with Crippen molar-refractivity contribution in [3.63, 3.8) is 0 Å². The van der Waals surface area contributed by atoms with Crippen LogP contribution in [-0.4, -0.2) is 13.1 Å². The van der Waals surface area contributed by atoms with E-state index in [0.29, 0.717) is 5.69 Å². The van der Waals surface area contributed by atoms with Gasteiger partial charge in [-0.05, 0) is 31.5 Å². The molecule has 1 atom stereocenters. The molecule has 0 spiro atoms. The van der Waals surface area contributed by atoms with Gasteiger partial charge in [0.2, 0.25) is 0 Å². The molecule has 0 aliphatic rings. The van der Waals surface area contributed by atoms with Crippen molar-refractivity contribution in [1.29, 1.82) is 5.26 Å². The van der Waals surface area contributed by atoms with Crippen LogP contribution in [0, 0.1) is 11.3 Å². The van der Waals surface area contributed by atoms with Gasteiger partial charge in [-0.1, -0.05) is 6.92 Å². The van der Waals surface area contributed by atoms with Gasteiger partial charge >= 0.3 is 6.18 Å². The fourth-order valence-electron chi connectivity index (χ4n) is 1.62. The van der Waals surface area contributed by atoms with Crippen LogP contribution in [-0.2, 0) is 6.18 Å². The van der Waals surface area contributed by atoms with Gasteiger partial charge < -0.3 is 4.90 Å². The monoisotopic (exact) mass is 256 g/mol. The summed E-state index contributed by atoms with van der Waals surface area (Å²) in [5, 5.41) is 8.97. The van der Waals surface area contributed by atoms with E-state index in [4.69, 9.17) is 5.26 Å². The van der Waals surface area contributed by atoms with E-state index in [1.807, 2.05) is 24.8 Å². The Balaban J connectivity index is 3.21. The molecule has 0 aromatic heterocycles. The summed E-state index contributed by atoms with van der Waals surface area (Å²) in [5.74, 6) is 0. The van der Waals surface area contributed by atoms with Gasteiger partial charge in [0.05, 0.1) is 16.8 Å². The molecule has 0 amide bonds. The average Bonchev–Trinajstić information content (AvgIpc) is 2.35. The van der Waals surface area contributed by atoms with Crippen LogP contribution >= 0.6 is 0 Å². The van der Waals surface area contributed by atoms with Crippen LogP contribution < -0.4 is 4.90 Å². The summed E-state index contributed by atoms with van der Waals surface area (Å²) < 4.78 is 37.6. The minimum absolute atomic E-state index is 0.0487. The minimum Gasteiger partial charge on any atom is -0.371 e. The van der Waals surface area contributed by atoms with E-state index in [-0.39, 0.29) is 11.6 Å². The van der Waals surface area contributed by atoms with Crippen LogP contribution in [0.25, 0.3) is 0 Å². The highest BCUT2D eigenvalue weighted by Gasteiger charge is 2.31. The fraction of sp³-hybridized carbons (Fsp3) is 0.462. The summed E-state index contributed by atoms with van der Waals surface area (Å²) in [4.78, 5) is 1.82. The quantitative estimate of drug-likeness (QED) is 0.822. The molecule has 18 heavy (non-hydrogen) atoms. The van der Waals surface area contributed by atoms with E-state index >= 15 is 0 Å². The third kappa shape index (κ3) is 2.95. The van der Waals surface area contributed by atoms with E-state index in [9.17, 15) is 13.2 Å². The molecular weight excluding hydrogens is 241 g/mol. The summed E-state index contributed by atoms with van der Waals surface area (Å²) >= 11 is 0. The molecule has 1 rings (SSSR count). The molecule has 1 aromatic carbocycles. The van der Waals surface area contributed by atoms with Gasteiger partial charge in [0.15, 0.2) is 0 Å². The standard InChI is InChI=1S/C13H15F3N2/c1-4-9(2)18(3)12-6-5-11(13(14,15)16)7-10(12)8-17/h5-7,9H,4H2,1-3H3. The summed E-state index contributed by atoms with van der Waals surface area (Å²) in [6.45, 7) is 3.94.